The molecule has 8 heterocycles. The van der Waals surface area contributed by atoms with Crippen LogP contribution in [0.5, 0.6) is 0 Å². The molecule has 14 nitrogen and oxygen atoms in total. The van der Waals surface area contributed by atoms with Gasteiger partial charge in [0, 0.05) is 105 Å². The Bertz CT molecular complexity index is 2710. The first-order chi connectivity index (χ1) is 36.7. The fraction of sp³-hybridized carbons (Fsp3) is 0.667. The maximum absolute atomic E-state index is 15.3. The molecule has 0 radical (unpaired) electrons. The van der Waals surface area contributed by atoms with E-state index in [9.17, 15) is 4.79 Å². The smallest absolute Gasteiger partial charge is 0.324 e. The van der Waals surface area contributed by atoms with E-state index in [1.165, 1.54) is 36.9 Å². The number of likely N-dealkylation sites (tertiary alicyclic amines) is 1. The largest absolute Gasteiger partial charge is 0.464 e. The number of ether oxygens (including phenoxy) is 2. The number of carbonyl (C=O) groups excluding carboxylic acids is 3. The highest BCUT2D eigenvalue weighted by Gasteiger charge is 2.47. The highest BCUT2D eigenvalue weighted by Crippen LogP contribution is 2.44. The van der Waals surface area contributed by atoms with Crippen LogP contribution in [0.15, 0.2) is 47.1 Å². The number of piperazine rings is 1. The number of cyclic esters (lactones) is 1. The Hall–Kier alpha value is -4.58. The quantitative estimate of drug-likeness (QED) is 0.172. The molecule has 16 heteroatoms. The zero-order chi connectivity index (χ0) is 52.9. The summed E-state index contributed by atoms with van der Waals surface area (Å²) < 4.78 is 45.3. The lowest BCUT2D eigenvalue weighted by Gasteiger charge is -2.46. The molecule has 2 amide bonds. The fourth-order valence-electron chi connectivity index (χ4n) is 14.8. The van der Waals surface area contributed by atoms with E-state index in [0.717, 1.165) is 130 Å². The molecule has 412 valence electrons. The number of halogens is 2. The molecule has 1 unspecified atom stereocenters. The first-order valence-electron chi connectivity index (χ1n) is 29.1. The van der Waals surface area contributed by atoms with E-state index >= 15 is 18.4 Å². The van der Waals surface area contributed by atoms with Crippen molar-refractivity contribution in [3.05, 3.63) is 64.5 Å². The summed E-state index contributed by atoms with van der Waals surface area (Å²) in [7, 11) is 1.73. The summed E-state index contributed by atoms with van der Waals surface area (Å²) in [5.74, 6) is -0.874. The molecule has 2 aromatic carbocycles. The van der Waals surface area contributed by atoms with Crippen molar-refractivity contribution in [2.75, 3.05) is 72.6 Å². The summed E-state index contributed by atoms with van der Waals surface area (Å²) in [6.45, 7) is 17.4. The second-order valence-corrected chi connectivity index (χ2v) is 24.7. The maximum atomic E-state index is 15.3. The van der Waals surface area contributed by atoms with Gasteiger partial charge in [-0.25, -0.2) is 14.2 Å². The SMILES string of the molecule is CCn1c(C2=C([C@H](C)OC)N=CC(N3CCN4CCCC[C@@H]4C3)C2)c2c3cc(ccc31)-c1cc(cc(C(F)F)c1)C[C@H](NC(=O)[C@H](C1CCCC1)N1CC[C@]3(CCNC3)C1)C(=O)N1CCC[C@H](N1)C(=O)OCC(C)(C)C2. The third-order valence-corrected chi connectivity index (χ3v) is 18.9. The summed E-state index contributed by atoms with van der Waals surface area (Å²) in [5.41, 5.74) is 9.79. The van der Waals surface area contributed by atoms with E-state index in [4.69, 9.17) is 14.5 Å². The van der Waals surface area contributed by atoms with E-state index in [-0.39, 0.29) is 48.0 Å². The van der Waals surface area contributed by atoms with Crippen LogP contribution in [0, 0.1) is 16.7 Å². The average molecular weight is 1050 g/mol. The minimum Gasteiger partial charge on any atom is -0.464 e. The summed E-state index contributed by atoms with van der Waals surface area (Å²) in [6.07, 6.45) is 11.2. The molecule has 6 bridgehead atoms. The van der Waals surface area contributed by atoms with E-state index in [0.29, 0.717) is 49.5 Å². The molecule has 7 atom stereocenters. The predicted molar refractivity (Wildman–Crippen MR) is 293 cm³/mol. The van der Waals surface area contributed by atoms with Crippen LogP contribution in [-0.2, 0) is 43.2 Å². The van der Waals surface area contributed by atoms with Gasteiger partial charge in [-0.15, -0.1) is 0 Å². The van der Waals surface area contributed by atoms with Gasteiger partial charge in [0.25, 0.3) is 12.3 Å². The van der Waals surface area contributed by atoms with Crippen molar-refractivity contribution in [2.45, 2.75) is 167 Å². The lowest BCUT2D eigenvalue weighted by atomic mass is 9.83. The average Bonchev–Trinajstić information content (AvgIpc) is 4.30. The number of alkyl halides is 2. The first-order valence-corrected chi connectivity index (χ1v) is 29.1. The molecule has 6 fully saturated rings. The normalized spacial score (nSPS) is 29.1. The van der Waals surface area contributed by atoms with E-state index in [1.807, 2.05) is 12.1 Å². The van der Waals surface area contributed by atoms with Gasteiger partial charge in [-0.1, -0.05) is 51.3 Å². The highest BCUT2D eigenvalue weighted by molar-refractivity contribution is 5.95. The highest BCUT2D eigenvalue weighted by atomic mass is 19.3. The van der Waals surface area contributed by atoms with Crippen LogP contribution in [0.1, 0.15) is 134 Å². The predicted octanol–water partition coefficient (Wildman–Crippen LogP) is 7.92. The van der Waals surface area contributed by atoms with Crippen LogP contribution in [-0.4, -0.2) is 157 Å². The summed E-state index contributed by atoms with van der Waals surface area (Å²) >= 11 is 0. The van der Waals surface area contributed by atoms with Crippen molar-refractivity contribution in [3.63, 3.8) is 0 Å². The number of esters is 1. The van der Waals surface area contributed by atoms with Gasteiger partial charge < -0.3 is 24.7 Å². The van der Waals surface area contributed by atoms with Gasteiger partial charge >= 0.3 is 5.97 Å². The van der Waals surface area contributed by atoms with Crippen molar-refractivity contribution in [2.24, 2.45) is 21.7 Å². The Morgan fingerprint density at radius 3 is 2.53 bits per heavy atom. The Balaban J connectivity index is 1.00. The minimum absolute atomic E-state index is 0.0131. The van der Waals surface area contributed by atoms with Gasteiger partial charge in [0.05, 0.1) is 30.1 Å². The number of carbonyl (C=O) groups is 3. The molecule has 7 aliphatic heterocycles. The monoisotopic (exact) mass is 1050 g/mol. The molecular weight excluding hydrogens is 965 g/mol. The van der Waals surface area contributed by atoms with Crippen LogP contribution in [0.25, 0.3) is 27.6 Å². The van der Waals surface area contributed by atoms with Gasteiger partial charge in [0.1, 0.15) is 12.1 Å². The molecule has 5 saturated heterocycles. The minimum atomic E-state index is -2.78. The Kier molecular flexibility index (Phi) is 15.7. The molecule has 3 N–H and O–H groups in total. The van der Waals surface area contributed by atoms with Crippen LogP contribution >= 0.6 is 0 Å². The molecule has 3 aromatic rings. The number of aromatic nitrogens is 1. The summed E-state index contributed by atoms with van der Waals surface area (Å²) in [5, 5.41) is 9.27. The van der Waals surface area contributed by atoms with Gasteiger partial charge in [0.15, 0.2) is 0 Å². The van der Waals surface area contributed by atoms with Crippen LogP contribution < -0.4 is 16.1 Å². The number of hydrogen-bond donors (Lipinski definition) is 3. The Morgan fingerprint density at radius 2 is 1.75 bits per heavy atom. The topological polar surface area (TPSA) is 136 Å². The summed E-state index contributed by atoms with van der Waals surface area (Å²) in [4.78, 5) is 57.4. The molecular formula is C60H83F2N9O5. The third kappa shape index (κ3) is 10.8. The molecule has 11 rings (SSSR count). The summed E-state index contributed by atoms with van der Waals surface area (Å²) in [6, 6.07) is 9.63. The van der Waals surface area contributed by atoms with Gasteiger partial charge in [-0.2, -0.15) is 0 Å². The zero-order valence-electron chi connectivity index (χ0n) is 45.8. The van der Waals surface area contributed by atoms with Crippen molar-refractivity contribution < 1.29 is 32.6 Å². The molecule has 1 saturated carbocycles. The number of aryl methyl sites for hydroxylation is 1. The van der Waals surface area contributed by atoms with Crippen LogP contribution in [0.3, 0.4) is 0 Å². The second-order valence-electron chi connectivity index (χ2n) is 24.7. The van der Waals surface area contributed by atoms with Crippen molar-refractivity contribution in [3.8, 4) is 11.1 Å². The van der Waals surface area contributed by atoms with Crippen molar-refractivity contribution >= 4 is 40.5 Å². The van der Waals surface area contributed by atoms with E-state index < -0.39 is 41.8 Å². The molecule has 8 aliphatic rings. The number of nitrogens with one attached hydrogen (secondary N) is 3. The number of rotatable bonds is 10. The van der Waals surface area contributed by atoms with Gasteiger partial charge in [-0.05, 0) is 149 Å². The van der Waals surface area contributed by atoms with Crippen molar-refractivity contribution in [1.29, 1.82) is 0 Å². The number of hydrazine groups is 1. The Labute approximate surface area is 448 Å². The van der Waals surface area contributed by atoms with E-state index in [2.05, 4.69) is 81.4 Å². The molecule has 1 aliphatic carbocycles. The van der Waals surface area contributed by atoms with Crippen molar-refractivity contribution in [1.82, 2.24) is 40.3 Å². The second kappa shape index (κ2) is 22.3. The number of piperidine rings is 1. The number of methoxy groups -OCH3 is 1. The lowest BCUT2D eigenvalue weighted by Crippen LogP contribution is -2.62. The number of amides is 2. The molecule has 1 spiro atoms. The fourth-order valence-corrected chi connectivity index (χ4v) is 14.8. The van der Waals surface area contributed by atoms with Gasteiger partial charge in [0.2, 0.25) is 5.91 Å². The standard InChI is InChI=1S/C60H83F2N9O5/c1-6-70-51-17-16-41-30-46(51)48(54(70)47-31-45(33-64-52(47)38(2)75-5)68-25-24-67-21-10-9-14-44(67)34-68)32-59(3,4)37-76-58(74)49-15-11-22-71(66-49)57(73)50(28-39-26-42(41)29-43(27-39)55(61)62)65-56(72)53(40-12-7-8-13-40)69-23-19-60(36-69)18-20-63-35-60/h16-17,26-27,29-30,33,38,40,44-45,49-50,53,55,63,66H,6-15,18-25,28,31-32,34-37H2,1-5H3,(H,65,72)/t38-,44+,45?,49-,50-,53-,60-/m0/s1. The van der Waals surface area contributed by atoms with E-state index in [1.54, 1.807) is 13.2 Å². The number of benzene rings is 2. The number of aliphatic imine (C=N–C) groups is 1. The molecule has 1 aromatic heterocycles. The first kappa shape index (κ1) is 53.4. The van der Waals surface area contributed by atoms with Crippen LogP contribution in [0.4, 0.5) is 8.78 Å². The van der Waals surface area contributed by atoms with Crippen LogP contribution in [0.2, 0.25) is 0 Å². The molecule has 76 heavy (non-hydrogen) atoms. The lowest BCUT2D eigenvalue weighted by molar-refractivity contribution is -0.155. The van der Waals surface area contributed by atoms with Gasteiger partial charge in [-0.3, -0.25) is 39.1 Å². The number of nitrogens with zero attached hydrogens (tertiary/aromatic N) is 6. The number of fused-ring (bicyclic) bond motifs is 7. The maximum Gasteiger partial charge on any atom is 0.324 e. The third-order valence-electron chi connectivity index (χ3n) is 18.9. The zero-order valence-corrected chi connectivity index (χ0v) is 45.8. The Morgan fingerprint density at radius 1 is 0.934 bits per heavy atom. The number of hydrogen-bond acceptors (Lipinski definition) is 11.